The summed E-state index contributed by atoms with van der Waals surface area (Å²) in [4.78, 5) is 15.7. The van der Waals surface area contributed by atoms with Gasteiger partial charge in [0.1, 0.15) is 16.4 Å². The molecular weight excluding hydrogens is 430 g/mol. The summed E-state index contributed by atoms with van der Waals surface area (Å²) in [5.41, 5.74) is 2.83. The zero-order valence-corrected chi connectivity index (χ0v) is 19.7. The van der Waals surface area contributed by atoms with Gasteiger partial charge in [0, 0.05) is 25.2 Å². The summed E-state index contributed by atoms with van der Waals surface area (Å²) in [6.45, 7) is 3.97. The molecule has 3 rings (SSSR count). The van der Waals surface area contributed by atoms with Crippen LogP contribution in [0.15, 0.2) is 30.3 Å². The Morgan fingerprint density at radius 1 is 1.25 bits per heavy atom. The molecule has 0 bridgehead atoms. The molecule has 0 amide bonds. The van der Waals surface area contributed by atoms with Crippen molar-refractivity contribution in [1.82, 2.24) is 14.8 Å². The zero-order valence-electron chi connectivity index (χ0n) is 19.0. The van der Waals surface area contributed by atoms with E-state index in [0.29, 0.717) is 11.0 Å². The number of aliphatic carboxylic acids is 1. The Balaban J connectivity index is 1.59. The Bertz CT molecular complexity index is 1070. The van der Waals surface area contributed by atoms with Crippen molar-refractivity contribution in [3.05, 3.63) is 46.7 Å². The zero-order chi connectivity index (χ0) is 23.3. The first kappa shape index (κ1) is 23.9. The van der Waals surface area contributed by atoms with Gasteiger partial charge in [0.25, 0.3) is 0 Å². The molecule has 8 heteroatoms. The first-order chi connectivity index (χ1) is 15.3. The number of hydrogen-bond acceptors (Lipinski definition) is 5. The maximum atomic E-state index is 11.4. The van der Waals surface area contributed by atoms with Gasteiger partial charge in [-0.2, -0.15) is 5.10 Å². The van der Waals surface area contributed by atoms with Crippen LogP contribution in [0, 0.1) is 12.8 Å². The molecule has 1 unspecified atom stereocenters. The fraction of sp³-hybridized carbons (Fsp3) is 0.458. The molecule has 0 saturated carbocycles. The summed E-state index contributed by atoms with van der Waals surface area (Å²) in [7, 11) is 3.51. The maximum absolute atomic E-state index is 11.4. The van der Waals surface area contributed by atoms with Crippen molar-refractivity contribution < 1.29 is 19.4 Å². The third-order valence-electron chi connectivity index (χ3n) is 5.72. The highest BCUT2D eigenvalue weighted by molar-refractivity contribution is 6.30. The SMILES string of the molecule is COc1ccc(CC(CCC[C@@H](C)Oc2nc(Cl)cc3nn(C)c(C)c23)CC(=O)O)cc1. The highest BCUT2D eigenvalue weighted by Gasteiger charge is 2.18. The number of hydrogen-bond donors (Lipinski definition) is 1. The number of benzene rings is 1. The molecule has 32 heavy (non-hydrogen) atoms. The number of fused-ring (bicyclic) bond motifs is 1. The van der Waals surface area contributed by atoms with E-state index in [4.69, 9.17) is 21.1 Å². The van der Waals surface area contributed by atoms with E-state index in [1.807, 2.05) is 45.2 Å². The molecule has 3 aromatic rings. The third kappa shape index (κ3) is 6.13. The van der Waals surface area contributed by atoms with Crippen LogP contribution in [0.2, 0.25) is 5.15 Å². The second kappa shape index (κ2) is 10.7. The molecule has 0 radical (unpaired) electrons. The Morgan fingerprint density at radius 2 is 1.97 bits per heavy atom. The number of halogens is 1. The van der Waals surface area contributed by atoms with Crippen LogP contribution in [0.25, 0.3) is 10.9 Å². The second-order valence-corrected chi connectivity index (χ2v) is 8.62. The number of aromatic nitrogens is 3. The van der Waals surface area contributed by atoms with Crippen LogP contribution < -0.4 is 9.47 Å². The average Bonchev–Trinajstić information content (AvgIpc) is 3.01. The van der Waals surface area contributed by atoms with Crippen molar-refractivity contribution in [2.45, 2.75) is 52.1 Å². The monoisotopic (exact) mass is 459 g/mol. The van der Waals surface area contributed by atoms with Gasteiger partial charge in [0.05, 0.1) is 18.6 Å². The lowest BCUT2D eigenvalue weighted by atomic mass is 9.91. The molecule has 0 aliphatic heterocycles. The summed E-state index contributed by atoms with van der Waals surface area (Å²) in [6, 6.07) is 9.53. The van der Waals surface area contributed by atoms with Crippen LogP contribution in [0.4, 0.5) is 0 Å². The Kier molecular flexibility index (Phi) is 7.96. The topological polar surface area (TPSA) is 86.5 Å². The molecule has 1 aromatic carbocycles. The van der Waals surface area contributed by atoms with Gasteiger partial charge in [0.2, 0.25) is 5.88 Å². The summed E-state index contributed by atoms with van der Waals surface area (Å²) in [5.74, 6) is 0.572. The molecule has 0 aliphatic carbocycles. The molecule has 2 heterocycles. The lowest BCUT2D eigenvalue weighted by Crippen LogP contribution is -2.15. The van der Waals surface area contributed by atoms with E-state index in [1.165, 1.54) is 0 Å². The second-order valence-electron chi connectivity index (χ2n) is 8.23. The summed E-state index contributed by atoms with van der Waals surface area (Å²) in [6.07, 6.45) is 3.22. The van der Waals surface area contributed by atoms with Crippen molar-refractivity contribution >= 4 is 28.5 Å². The first-order valence-corrected chi connectivity index (χ1v) is 11.2. The molecule has 2 aromatic heterocycles. The molecule has 0 fully saturated rings. The van der Waals surface area contributed by atoms with Gasteiger partial charge >= 0.3 is 5.97 Å². The van der Waals surface area contributed by atoms with Gasteiger partial charge in [0.15, 0.2) is 0 Å². The van der Waals surface area contributed by atoms with Crippen LogP contribution in [0.5, 0.6) is 11.6 Å². The largest absolute Gasteiger partial charge is 0.497 e. The maximum Gasteiger partial charge on any atom is 0.303 e. The predicted octanol–water partition coefficient (Wildman–Crippen LogP) is 5.21. The fourth-order valence-electron chi connectivity index (χ4n) is 3.94. The predicted molar refractivity (Wildman–Crippen MR) is 125 cm³/mol. The van der Waals surface area contributed by atoms with E-state index >= 15 is 0 Å². The lowest BCUT2D eigenvalue weighted by Gasteiger charge is -2.18. The number of ether oxygens (including phenoxy) is 2. The van der Waals surface area contributed by atoms with Gasteiger partial charge in [-0.05, 0) is 63.1 Å². The summed E-state index contributed by atoms with van der Waals surface area (Å²) in [5, 5.41) is 15.0. The molecule has 0 saturated heterocycles. The highest BCUT2D eigenvalue weighted by Crippen LogP contribution is 2.30. The van der Waals surface area contributed by atoms with E-state index in [2.05, 4.69) is 10.1 Å². The van der Waals surface area contributed by atoms with Gasteiger partial charge in [-0.1, -0.05) is 23.7 Å². The quantitative estimate of drug-likeness (QED) is 0.396. The van der Waals surface area contributed by atoms with Crippen molar-refractivity contribution in [3.63, 3.8) is 0 Å². The smallest absolute Gasteiger partial charge is 0.303 e. The van der Waals surface area contributed by atoms with Crippen molar-refractivity contribution in [1.29, 1.82) is 0 Å². The Morgan fingerprint density at radius 3 is 2.62 bits per heavy atom. The van der Waals surface area contributed by atoms with E-state index < -0.39 is 5.97 Å². The summed E-state index contributed by atoms with van der Waals surface area (Å²) < 4.78 is 13.1. The average molecular weight is 460 g/mol. The summed E-state index contributed by atoms with van der Waals surface area (Å²) >= 11 is 6.16. The van der Waals surface area contributed by atoms with Gasteiger partial charge in [-0.25, -0.2) is 4.98 Å². The highest BCUT2D eigenvalue weighted by atomic mass is 35.5. The first-order valence-electron chi connectivity index (χ1n) is 10.8. The van der Waals surface area contributed by atoms with Crippen molar-refractivity contribution in [2.24, 2.45) is 13.0 Å². The third-order valence-corrected chi connectivity index (χ3v) is 5.92. The number of pyridine rings is 1. The van der Waals surface area contributed by atoms with E-state index in [9.17, 15) is 9.90 Å². The fourth-order valence-corrected chi connectivity index (χ4v) is 4.12. The molecule has 7 nitrogen and oxygen atoms in total. The Labute approximate surface area is 193 Å². The number of aryl methyl sites for hydroxylation is 2. The van der Waals surface area contributed by atoms with E-state index in [1.54, 1.807) is 17.9 Å². The van der Waals surface area contributed by atoms with Gasteiger partial charge < -0.3 is 14.6 Å². The molecule has 1 N–H and O–H groups in total. The molecular formula is C24H30ClN3O4. The molecule has 172 valence electrons. The number of methoxy groups -OCH3 is 1. The minimum atomic E-state index is -0.773. The Hall–Kier alpha value is -2.80. The number of carboxylic acids is 1. The molecule has 0 aliphatic rings. The van der Waals surface area contributed by atoms with E-state index in [0.717, 1.165) is 53.6 Å². The van der Waals surface area contributed by atoms with Crippen LogP contribution >= 0.6 is 11.6 Å². The molecule has 2 atom stereocenters. The normalized spacial score (nSPS) is 13.2. The number of carbonyl (C=O) groups is 1. The minimum Gasteiger partial charge on any atom is -0.497 e. The van der Waals surface area contributed by atoms with E-state index in [-0.39, 0.29) is 18.4 Å². The standard InChI is InChI=1S/C24H30ClN3O4/c1-15(32-24-23-16(2)28(3)27-20(23)14-21(25)26-24)6-5-7-18(13-22(29)30)12-17-8-10-19(31-4)11-9-17/h8-11,14-15,18H,5-7,12-13H2,1-4H3,(H,29,30)/t15-,18?/m1/s1. The van der Waals surface area contributed by atoms with Gasteiger partial charge in [-0.15, -0.1) is 0 Å². The number of carboxylic acid groups (broad SMARTS) is 1. The van der Waals surface area contributed by atoms with Crippen LogP contribution in [0.1, 0.15) is 43.9 Å². The van der Waals surface area contributed by atoms with Crippen molar-refractivity contribution in [2.75, 3.05) is 7.11 Å². The number of nitrogens with zero attached hydrogens (tertiary/aromatic N) is 3. The minimum absolute atomic E-state index is 0.0599. The van der Waals surface area contributed by atoms with Gasteiger partial charge in [-0.3, -0.25) is 9.48 Å². The van der Waals surface area contributed by atoms with Crippen LogP contribution in [-0.2, 0) is 18.3 Å². The van der Waals surface area contributed by atoms with Crippen LogP contribution in [-0.4, -0.2) is 39.1 Å². The lowest BCUT2D eigenvalue weighted by molar-refractivity contribution is -0.138. The van der Waals surface area contributed by atoms with Crippen LogP contribution in [0.3, 0.4) is 0 Å². The van der Waals surface area contributed by atoms with Crippen molar-refractivity contribution in [3.8, 4) is 11.6 Å². The molecule has 0 spiro atoms. The number of rotatable bonds is 11.